The van der Waals surface area contributed by atoms with E-state index in [9.17, 15) is 9.59 Å². The standard InChI is InChI=1S/C22H15NO2/c23-20-16-11-5-7-13-18(16)22(25)17-12-6-4-10-15(17)19(20)21(24)14-8-2-1-3-9-14/h1-13H,23H2. The molecule has 0 amide bonds. The van der Waals surface area contributed by atoms with Crippen LogP contribution in [0.2, 0.25) is 0 Å². The first-order valence-electron chi connectivity index (χ1n) is 8.01. The molecule has 3 heteroatoms. The van der Waals surface area contributed by atoms with Gasteiger partial charge < -0.3 is 5.73 Å². The van der Waals surface area contributed by atoms with E-state index in [0.717, 1.165) is 0 Å². The smallest absolute Gasteiger partial charge is 0.195 e. The van der Waals surface area contributed by atoms with Gasteiger partial charge in [-0.05, 0) is 5.39 Å². The van der Waals surface area contributed by atoms with E-state index in [1.54, 1.807) is 48.5 Å². The van der Waals surface area contributed by atoms with Gasteiger partial charge in [-0.3, -0.25) is 9.59 Å². The lowest BCUT2D eigenvalue weighted by Crippen LogP contribution is -2.05. The minimum Gasteiger partial charge on any atom is -0.398 e. The second kappa shape index (κ2) is 5.87. The van der Waals surface area contributed by atoms with Gasteiger partial charge in [-0.15, -0.1) is 0 Å². The van der Waals surface area contributed by atoms with E-state index in [1.165, 1.54) is 0 Å². The highest BCUT2D eigenvalue weighted by molar-refractivity contribution is 6.22. The van der Waals surface area contributed by atoms with Crippen LogP contribution >= 0.6 is 0 Å². The molecule has 0 atom stereocenters. The molecule has 120 valence electrons. The lowest BCUT2D eigenvalue weighted by molar-refractivity contribution is 0.104. The number of carbonyl (C=O) groups is 1. The summed E-state index contributed by atoms with van der Waals surface area (Å²) < 4.78 is 0. The summed E-state index contributed by atoms with van der Waals surface area (Å²) in [6.07, 6.45) is 0. The normalized spacial score (nSPS) is 10.9. The van der Waals surface area contributed by atoms with Crippen LogP contribution in [0.1, 0.15) is 15.9 Å². The molecule has 0 aliphatic carbocycles. The van der Waals surface area contributed by atoms with Gasteiger partial charge in [-0.25, -0.2) is 0 Å². The van der Waals surface area contributed by atoms with Gasteiger partial charge in [0, 0.05) is 21.7 Å². The van der Waals surface area contributed by atoms with Crippen LogP contribution in [0.3, 0.4) is 0 Å². The molecule has 4 rings (SSSR count). The molecule has 0 saturated carbocycles. The van der Waals surface area contributed by atoms with Crippen LogP contribution in [-0.4, -0.2) is 5.78 Å². The largest absolute Gasteiger partial charge is 0.398 e. The summed E-state index contributed by atoms with van der Waals surface area (Å²) in [7, 11) is 0. The zero-order valence-corrected chi connectivity index (χ0v) is 13.4. The number of hydrogen-bond donors (Lipinski definition) is 1. The van der Waals surface area contributed by atoms with Crippen molar-refractivity contribution in [1.29, 1.82) is 0 Å². The van der Waals surface area contributed by atoms with Gasteiger partial charge in [0.25, 0.3) is 0 Å². The van der Waals surface area contributed by atoms with Crippen molar-refractivity contribution in [2.45, 2.75) is 0 Å². The van der Waals surface area contributed by atoms with Crippen molar-refractivity contribution in [2.24, 2.45) is 0 Å². The van der Waals surface area contributed by atoms with E-state index < -0.39 is 0 Å². The minimum absolute atomic E-state index is 0.120. The second-order valence-electron chi connectivity index (χ2n) is 5.90. The van der Waals surface area contributed by atoms with Crippen LogP contribution in [0, 0.1) is 0 Å². The first kappa shape index (κ1) is 15.1. The van der Waals surface area contributed by atoms with E-state index in [2.05, 4.69) is 0 Å². The van der Waals surface area contributed by atoms with Crippen LogP contribution < -0.4 is 11.2 Å². The lowest BCUT2D eigenvalue weighted by atomic mass is 9.98. The van der Waals surface area contributed by atoms with Gasteiger partial charge >= 0.3 is 0 Å². The van der Waals surface area contributed by atoms with Crippen LogP contribution in [0.25, 0.3) is 21.5 Å². The Morgan fingerprint density at radius 2 is 1.12 bits per heavy atom. The number of rotatable bonds is 2. The summed E-state index contributed by atoms with van der Waals surface area (Å²) >= 11 is 0. The fourth-order valence-electron chi connectivity index (χ4n) is 3.22. The molecule has 0 fully saturated rings. The van der Waals surface area contributed by atoms with Crippen LogP contribution in [0.4, 0.5) is 5.69 Å². The number of anilines is 1. The van der Waals surface area contributed by atoms with Crippen molar-refractivity contribution in [1.82, 2.24) is 0 Å². The second-order valence-corrected chi connectivity index (χ2v) is 5.90. The number of fused-ring (bicyclic) bond motifs is 2. The van der Waals surface area contributed by atoms with E-state index in [4.69, 9.17) is 5.73 Å². The zero-order chi connectivity index (χ0) is 17.4. The van der Waals surface area contributed by atoms with Crippen molar-refractivity contribution in [3.8, 4) is 0 Å². The first-order chi connectivity index (χ1) is 12.2. The molecule has 4 aromatic carbocycles. The molecule has 0 spiro atoms. The molecule has 0 aliphatic heterocycles. The van der Waals surface area contributed by atoms with Gasteiger partial charge in [-0.2, -0.15) is 0 Å². The third-order valence-corrected chi connectivity index (χ3v) is 4.44. The molecule has 0 heterocycles. The summed E-state index contributed by atoms with van der Waals surface area (Å²) in [4.78, 5) is 26.2. The first-order valence-corrected chi connectivity index (χ1v) is 8.01. The van der Waals surface area contributed by atoms with Gasteiger partial charge in [0.2, 0.25) is 0 Å². The van der Waals surface area contributed by atoms with Crippen molar-refractivity contribution < 1.29 is 4.79 Å². The summed E-state index contributed by atoms with van der Waals surface area (Å²) in [5, 5.41) is 2.19. The Hall–Kier alpha value is -3.46. The number of carbonyl (C=O) groups excluding carboxylic acids is 1. The number of benzene rings is 3. The number of nitrogens with two attached hydrogens (primary N) is 1. The fourth-order valence-corrected chi connectivity index (χ4v) is 3.22. The highest BCUT2D eigenvalue weighted by Crippen LogP contribution is 2.29. The zero-order valence-electron chi connectivity index (χ0n) is 13.4. The monoisotopic (exact) mass is 325 g/mol. The fraction of sp³-hybridized carbons (Fsp3) is 0. The van der Waals surface area contributed by atoms with Crippen LogP contribution in [0.5, 0.6) is 0 Å². The Kier molecular flexibility index (Phi) is 3.55. The third-order valence-electron chi connectivity index (χ3n) is 4.44. The summed E-state index contributed by atoms with van der Waals surface area (Å²) in [6.45, 7) is 0. The van der Waals surface area contributed by atoms with E-state index in [1.807, 2.05) is 30.3 Å². The summed E-state index contributed by atoms with van der Waals surface area (Å²) in [5.74, 6) is -0.185. The van der Waals surface area contributed by atoms with Crippen LogP contribution in [-0.2, 0) is 0 Å². The topological polar surface area (TPSA) is 60.2 Å². The Balaban J connectivity index is 2.24. The maximum absolute atomic E-state index is 13.2. The van der Waals surface area contributed by atoms with Crippen molar-refractivity contribution in [3.63, 3.8) is 0 Å². The summed E-state index contributed by atoms with van der Waals surface area (Å²) in [5.41, 5.74) is 7.55. The van der Waals surface area contributed by atoms with Crippen molar-refractivity contribution in [2.75, 3.05) is 5.73 Å². The molecule has 0 saturated heterocycles. The van der Waals surface area contributed by atoms with Crippen LogP contribution in [0.15, 0.2) is 83.7 Å². The maximum atomic E-state index is 13.2. The summed E-state index contributed by atoms with van der Waals surface area (Å²) in [6, 6.07) is 23.3. The molecule has 2 N–H and O–H groups in total. The molecule has 0 radical (unpaired) electrons. The highest BCUT2D eigenvalue weighted by atomic mass is 16.1. The number of nitrogen functional groups attached to an aromatic ring is 1. The van der Waals surface area contributed by atoms with Crippen molar-refractivity contribution >= 4 is 33.0 Å². The Labute approximate surface area is 144 Å². The molecule has 0 aromatic heterocycles. The SMILES string of the molecule is Nc1c(C(=O)c2ccccc2)c2ccccc2c(=O)c2ccccc12. The number of hydrogen-bond acceptors (Lipinski definition) is 3. The molecule has 25 heavy (non-hydrogen) atoms. The van der Waals surface area contributed by atoms with E-state index in [0.29, 0.717) is 38.4 Å². The molecular formula is C22H15NO2. The Morgan fingerprint density at radius 1 is 0.640 bits per heavy atom. The average molecular weight is 325 g/mol. The van der Waals surface area contributed by atoms with Gasteiger partial charge in [0.1, 0.15) is 0 Å². The Morgan fingerprint density at radius 3 is 1.76 bits per heavy atom. The molecule has 3 nitrogen and oxygen atoms in total. The van der Waals surface area contributed by atoms with Gasteiger partial charge in [0.15, 0.2) is 11.2 Å². The Bertz CT molecular complexity index is 1180. The maximum Gasteiger partial charge on any atom is 0.195 e. The predicted molar refractivity (Wildman–Crippen MR) is 102 cm³/mol. The quantitative estimate of drug-likeness (QED) is 0.563. The van der Waals surface area contributed by atoms with E-state index >= 15 is 0 Å². The van der Waals surface area contributed by atoms with E-state index in [-0.39, 0.29) is 11.2 Å². The molecular weight excluding hydrogens is 310 g/mol. The van der Waals surface area contributed by atoms with Crippen molar-refractivity contribution in [3.05, 3.63) is 100 Å². The highest BCUT2D eigenvalue weighted by Gasteiger charge is 2.18. The molecule has 0 aliphatic rings. The predicted octanol–water partition coefficient (Wildman–Crippen LogP) is 4.17. The lowest BCUT2D eigenvalue weighted by Gasteiger charge is -2.06. The van der Waals surface area contributed by atoms with Gasteiger partial charge in [-0.1, -0.05) is 78.9 Å². The number of ketones is 1. The molecule has 0 bridgehead atoms. The average Bonchev–Trinajstić information content (AvgIpc) is 2.77. The molecule has 4 aromatic rings. The van der Waals surface area contributed by atoms with Gasteiger partial charge in [0.05, 0.1) is 11.3 Å². The minimum atomic E-state index is -0.185. The molecule has 0 unspecified atom stereocenters. The third kappa shape index (κ3) is 2.37.